The van der Waals surface area contributed by atoms with Crippen molar-refractivity contribution in [2.75, 3.05) is 7.11 Å². The second-order valence-corrected chi connectivity index (χ2v) is 4.08. The van der Waals surface area contributed by atoms with Crippen molar-refractivity contribution >= 4 is 0 Å². The van der Waals surface area contributed by atoms with E-state index in [4.69, 9.17) is 15.2 Å². The molecule has 0 saturated heterocycles. The average molecular weight is 261 g/mol. The average Bonchev–Trinajstić information content (AvgIpc) is 2.87. The highest BCUT2D eigenvalue weighted by Crippen LogP contribution is 2.20. The largest absolute Gasteiger partial charge is 0.497 e. The van der Waals surface area contributed by atoms with Crippen LogP contribution in [-0.2, 0) is 19.7 Å². The zero-order valence-electron chi connectivity index (χ0n) is 11.3. The summed E-state index contributed by atoms with van der Waals surface area (Å²) in [4.78, 5) is 4.34. The molecule has 0 aliphatic heterocycles. The Morgan fingerprint density at radius 2 is 2.11 bits per heavy atom. The van der Waals surface area contributed by atoms with Crippen molar-refractivity contribution in [2.45, 2.75) is 26.6 Å². The lowest BCUT2D eigenvalue weighted by atomic mass is 10.3. The Kier molecular flexibility index (Phi) is 4.41. The smallest absolute Gasteiger partial charge is 0.147 e. The molecule has 102 valence electrons. The minimum Gasteiger partial charge on any atom is -0.497 e. The summed E-state index contributed by atoms with van der Waals surface area (Å²) in [5, 5.41) is 0. The Morgan fingerprint density at radius 3 is 2.79 bits per heavy atom. The summed E-state index contributed by atoms with van der Waals surface area (Å²) in [5.74, 6) is 2.42. The zero-order chi connectivity index (χ0) is 13.7. The third-order valence-electron chi connectivity index (χ3n) is 2.96. The number of hydrogen-bond acceptors (Lipinski definition) is 4. The molecule has 0 aliphatic carbocycles. The first kappa shape index (κ1) is 13.4. The van der Waals surface area contributed by atoms with E-state index in [-0.39, 0.29) is 0 Å². The fourth-order valence-electron chi connectivity index (χ4n) is 1.96. The van der Waals surface area contributed by atoms with Crippen molar-refractivity contribution in [1.82, 2.24) is 9.55 Å². The maximum atomic E-state index is 5.73. The number of nitrogens with zero attached hydrogens (tertiary/aromatic N) is 2. The van der Waals surface area contributed by atoms with Crippen molar-refractivity contribution in [2.24, 2.45) is 5.73 Å². The van der Waals surface area contributed by atoms with Crippen molar-refractivity contribution in [3.05, 3.63) is 42.0 Å². The first-order valence-electron chi connectivity index (χ1n) is 6.28. The van der Waals surface area contributed by atoms with Crippen molar-refractivity contribution in [3.8, 4) is 11.5 Å². The normalized spacial score (nSPS) is 10.5. The van der Waals surface area contributed by atoms with Crippen LogP contribution in [0.5, 0.6) is 11.5 Å². The summed E-state index contributed by atoms with van der Waals surface area (Å²) in [6, 6.07) is 7.52. The number of methoxy groups -OCH3 is 1. The molecule has 0 fully saturated rings. The number of ether oxygens (including phenoxy) is 2. The Balaban J connectivity index is 2.07. The first-order valence-corrected chi connectivity index (χ1v) is 6.28. The molecule has 0 radical (unpaired) electrons. The van der Waals surface area contributed by atoms with Crippen LogP contribution in [0.4, 0.5) is 0 Å². The van der Waals surface area contributed by atoms with E-state index in [0.29, 0.717) is 13.2 Å². The molecular formula is C14H19N3O2. The van der Waals surface area contributed by atoms with Crippen LogP contribution in [0.3, 0.4) is 0 Å². The van der Waals surface area contributed by atoms with Crippen LogP contribution in [0.15, 0.2) is 30.5 Å². The lowest BCUT2D eigenvalue weighted by molar-refractivity contribution is 0.287. The van der Waals surface area contributed by atoms with Gasteiger partial charge < -0.3 is 19.8 Å². The third-order valence-corrected chi connectivity index (χ3v) is 2.96. The van der Waals surface area contributed by atoms with Crippen LogP contribution < -0.4 is 15.2 Å². The van der Waals surface area contributed by atoms with E-state index in [1.807, 2.05) is 24.3 Å². The summed E-state index contributed by atoms with van der Waals surface area (Å²) in [5.41, 5.74) is 6.69. The van der Waals surface area contributed by atoms with E-state index in [9.17, 15) is 0 Å². The number of imidazole rings is 1. The highest BCUT2D eigenvalue weighted by molar-refractivity contribution is 5.32. The van der Waals surface area contributed by atoms with Crippen LogP contribution in [-0.4, -0.2) is 16.7 Å². The number of benzene rings is 1. The quantitative estimate of drug-likeness (QED) is 0.863. The molecule has 1 aromatic heterocycles. The molecule has 2 N–H and O–H groups in total. The van der Waals surface area contributed by atoms with Gasteiger partial charge in [0, 0.05) is 25.4 Å². The van der Waals surface area contributed by atoms with Crippen LogP contribution in [0.2, 0.25) is 0 Å². The third kappa shape index (κ3) is 3.06. The van der Waals surface area contributed by atoms with Crippen molar-refractivity contribution in [1.29, 1.82) is 0 Å². The lowest BCUT2D eigenvalue weighted by Gasteiger charge is -2.10. The predicted molar refractivity (Wildman–Crippen MR) is 73.1 cm³/mol. The van der Waals surface area contributed by atoms with E-state index < -0.39 is 0 Å². The Labute approximate surface area is 113 Å². The van der Waals surface area contributed by atoms with Crippen LogP contribution in [0.1, 0.15) is 18.4 Å². The van der Waals surface area contributed by atoms with Crippen LogP contribution in [0, 0.1) is 0 Å². The molecule has 0 bridgehead atoms. The van der Waals surface area contributed by atoms with Gasteiger partial charge in [0.25, 0.3) is 0 Å². The van der Waals surface area contributed by atoms with E-state index in [0.717, 1.165) is 29.6 Å². The summed E-state index contributed by atoms with van der Waals surface area (Å²) in [6.45, 7) is 3.81. The van der Waals surface area contributed by atoms with Crippen molar-refractivity contribution in [3.63, 3.8) is 0 Å². The fourth-order valence-corrected chi connectivity index (χ4v) is 1.96. The summed E-state index contributed by atoms with van der Waals surface area (Å²) >= 11 is 0. The van der Waals surface area contributed by atoms with Gasteiger partial charge in [-0.05, 0) is 19.1 Å². The van der Waals surface area contributed by atoms with E-state index in [1.165, 1.54) is 0 Å². The van der Waals surface area contributed by atoms with Gasteiger partial charge in [-0.15, -0.1) is 0 Å². The van der Waals surface area contributed by atoms with Crippen LogP contribution in [0.25, 0.3) is 0 Å². The molecule has 2 aromatic rings. The van der Waals surface area contributed by atoms with Gasteiger partial charge in [0.15, 0.2) is 0 Å². The second kappa shape index (κ2) is 6.24. The molecule has 0 amide bonds. The molecule has 2 rings (SSSR count). The van der Waals surface area contributed by atoms with Gasteiger partial charge in [-0.3, -0.25) is 0 Å². The summed E-state index contributed by atoms with van der Waals surface area (Å²) in [6.07, 6.45) is 1.80. The lowest BCUT2D eigenvalue weighted by Crippen LogP contribution is -2.11. The van der Waals surface area contributed by atoms with Gasteiger partial charge in [-0.25, -0.2) is 4.98 Å². The number of nitrogens with two attached hydrogens (primary N) is 1. The molecule has 0 saturated carbocycles. The number of aromatic nitrogens is 2. The molecular weight excluding hydrogens is 242 g/mol. The van der Waals surface area contributed by atoms with Gasteiger partial charge in [0.05, 0.1) is 12.8 Å². The molecule has 1 aromatic carbocycles. The number of hydrogen-bond donors (Lipinski definition) is 1. The zero-order valence-corrected chi connectivity index (χ0v) is 11.3. The van der Waals surface area contributed by atoms with E-state index >= 15 is 0 Å². The fraction of sp³-hybridized carbons (Fsp3) is 0.357. The molecule has 1 heterocycles. The van der Waals surface area contributed by atoms with Gasteiger partial charge in [0.2, 0.25) is 0 Å². The molecule has 5 heteroatoms. The maximum Gasteiger partial charge on any atom is 0.147 e. The second-order valence-electron chi connectivity index (χ2n) is 4.08. The molecule has 5 nitrogen and oxygen atoms in total. The monoisotopic (exact) mass is 261 g/mol. The topological polar surface area (TPSA) is 62.3 Å². The minimum absolute atomic E-state index is 0.418. The van der Waals surface area contributed by atoms with E-state index in [1.54, 1.807) is 13.3 Å². The first-order chi connectivity index (χ1) is 9.28. The SMILES string of the molecule is CCn1c(CN)cnc1COc1cccc(OC)c1. The highest BCUT2D eigenvalue weighted by atomic mass is 16.5. The van der Waals surface area contributed by atoms with Gasteiger partial charge >= 0.3 is 0 Å². The minimum atomic E-state index is 0.418. The van der Waals surface area contributed by atoms with E-state index in [2.05, 4.69) is 16.5 Å². The standard InChI is InChI=1S/C14H19N3O2/c1-3-17-11(8-15)9-16-14(17)10-19-13-6-4-5-12(7-13)18-2/h4-7,9H,3,8,10,15H2,1-2H3. The highest BCUT2D eigenvalue weighted by Gasteiger charge is 2.08. The molecule has 0 spiro atoms. The molecule has 0 unspecified atom stereocenters. The van der Waals surface area contributed by atoms with Gasteiger partial charge in [-0.1, -0.05) is 6.07 Å². The van der Waals surface area contributed by atoms with Crippen molar-refractivity contribution < 1.29 is 9.47 Å². The number of rotatable bonds is 6. The molecule has 19 heavy (non-hydrogen) atoms. The van der Waals surface area contributed by atoms with Crippen LogP contribution >= 0.6 is 0 Å². The molecule has 0 aliphatic rings. The maximum absolute atomic E-state index is 5.73. The molecule has 0 atom stereocenters. The predicted octanol–water partition coefficient (Wildman–Crippen LogP) is 1.95. The summed E-state index contributed by atoms with van der Waals surface area (Å²) in [7, 11) is 1.64. The Bertz CT molecular complexity index is 537. The summed E-state index contributed by atoms with van der Waals surface area (Å²) < 4.78 is 13.0. The van der Waals surface area contributed by atoms with Gasteiger partial charge in [0.1, 0.15) is 23.9 Å². The van der Waals surface area contributed by atoms with Gasteiger partial charge in [-0.2, -0.15) is 0 Å². The Hall–Kier alpha value is -2.01. The Morgan fingerprint density at radius 1 is 1.32 bits per heavy atom.